The van der Waals surface area contributed by atoms with Crippen LogP contribution in [0.15, 0.2) is 0 Å². The standard InChI is InChI=1S/C24H38O6/c1-13(2)23(8,12-21(3,4)5)20(27)30-22(6,7)19(26)28-17-14-10-15-16(11-14)24(17,9)29-18(15)25/h13-17H,10-12H2,1-9H3. The van der Waals surface area contributed by atoms with Crippen LogP contribution in [0, 0.1) is 34.5 Å². The molecule has 1 aliphatic heterocycles. The SMILES string of the molecule is CC(C)C(C)(CC(C)(C)C)C(=O)OC(C)(C)C(=O)OC1C2CC3C(=O)OC1(C)C3C2. The number of hydrogen-bond acceptors (Lipinski definition) is 6. The number of carbonyl (C=O) groups excluding carboxylic acids is 3. The van der Waals surface area contributed by atoms with Crippen LogP contribution in [-0.2, 0) is 28.6 Å². The molecule has 0 spiro atoms. The van der Waals surface area contributed by atoms with Crippen molar-refractivity contribution in [2.75, 3.05) is 0 Å². The fourth-order valence-electron chi connectivity index (χ4n) is 5.80. The smallest absolute Gasteiger partial charge is 0.350 e. The lowest BCUT2D eigenvalue weighted by Crippen LogP contribution is -2.51. The molecular weight excluding hydrogens is 384 g/mol. The van der Waals surface area contributed by atoms with Gasteiger partial charge in [-0.2, -0.15) is 0 Å². The first-order valence-corrected chi connectivity index (χ1v) is 11.2. The van der Waals surface area contributed by atoms with E-state index in [1.807, 2.05) is 27.7 Å². The highest BCUT2D eigenvalue weighted by atomic mass is 16.6. The van der Waals surface area contributed by atoms with Gasteiger partial charge in [-0.1, -0.05) is 34.6 Å². The lowest BCUT2D eigenvalue weighted by molar-refractivity contribution is -0.200. The maximum Gasteiger partial charge on any atom is 0.350 e. The van der Waals surface area contributed by atoms with Gasteiger partial charge in [0.25, 0.3) is 0 Å². The number of hydrogen-bond donors (Lipinski definition) is 0. The lowest BCUT2D eigenvalue weighted by Gasteiger charge is -2.40. The highest BCUT2D eigenvalue weighted by molar-refractivity contribution is 5.85. The molecule has 2 aliphatic carbocycles. The predicted octanol–water partition coefficient (Wildman–Crippen LogP) is 4.29. The van der Waals surface area contributed by atoms with Crippen LogP contribution in [0.1, 0.15) is 81.6 Å². The average Bonchev–Trinajstić information content (AvgIpc) is 3.15. The molecule has 0 aromatic rings. The molecule has 0 aromatic heterocycles. The quantitative estimate of drug-likeness (QED) is 0.469. The molecule has 2 saturated carbocycles. The molecule has 6 heteroatoms. The summed E-state index contributed by atoms with van der Waals surface area (Å²) in [6, 6.07) is 0. The predicted molar refractivity (Wildman–Crippen MR) is 111 cm³/mol. The molecule has 3 rings (SSSR count). The first kappa shape index (κ1) is 23.1. The van der Waals surface area contributed by atoms with Crippen molar-refractivity contribution < 1.29 is 28.6 Å². The van der Waals surface area contributed by atoms with E-state index in [-0.39, 0.29) is 41.0 Å². The van der Waals surface area contributed by atoms with E-state index in [9.17, 15) is 14.4 Å². The zero-order valence-corrected chi connectivity index (χ0v) is 20.0. The van der Waals surface area contributed by atoms with Crippen LogP contribution in [0.4, 0.5) is 0 Å². The maximum absolute atomic E-state index is 13.2. The fourth-order valence-corrected chi connectivity index (χ4v) is 5.80. The molecule has 30 heavy (non-hydrogen) atoms. The largest absolute Gasteiger partial charge is 0.455 e. The van der Waals surface area contributed by atoms with Crippen molar-refractivity contribution in [1.82, 2.24) is 0 Å². The zero-order valence-electron chi connectivity index (χ0n) is 20.0. The van der Waals surface area contributed by atoms with E-state index in [2.05, 4.69) is 20.8 Å². The third kappa shape index (κ3) is 3.64. The van der Waals surface area contributed by atoms with E-state index in [1.54, 1.807) is 13.8 Å². The second-order valence-electron chi connectivity index (χ2n) is 12.1. The summed E-state index contributed by atoms with van der Waals surface area (Å²) in [5, 5.41) is 0. The van der Waals surface area contributed by atoms with Crippen molar-refractivity contribution in [2.45, 2.75) is 98.9 Å². The van der Waals surface area contributed by atoms with Crippen LogP contribution in [0.2, 0.25) is 0 Å². The normalized spacial score (nSPS) is 34.7. The van der Waals surface area contributed by atoms with Crippen LogP contribution in [-0.4, -0.2) is 35.2 Å². The molecule has 3 fully saturated rings. The van der Waals surface area contributed by atoms with Crippen molar-refractivity contribution >= 4 is 17.9 Å². The van der Waals surface area contributed by atoms with Gasteiger partial charge in [0.15, 0.2) is 0 Å². The molecule has 1 heterocycles. The molecule has 6 nitrogen and oxygen atoms in total. The molecule has 0 N–H and O–H groups in total. The summed E-state index contributed by atoms with van der Waals surface area (Å²) in [6.45, 7) is 17.2. The van der Waals surface area contributed by atoms with E-state index in [1.165, 1.54) is 0 Å². The van der Waals surface area contributed by atoms with Crippen LogP contribution in [0.25, 0.3) is 0 Å². The Morgan fingerprint density at radius 3 is 2.23 bits per heavy atom. The Balaban J connectivity index is 1.72. The third-order valence-electron chi connectivity index (χ3n) is 7.66. The fraction of sp³-hybridized carbons (Fsp3) is 0.875. The van der Waals surface area contributed by atoms with Gasteiger partial charge in [-0.3, -0.25) is 9.59 Å². The van der Waals surface area contributed by atoms with Crippen molar-refractivity contribution in [3.63, 3.8) is 0 Å². The van der Waals surface area contributed by atoms with E-state index in [0.717, 1.165) is 6.42 Å². The average molecular weight is 423 g/mol. The summed E-state index contributed by atoms with van der Waals surface area (Å²) in [5.41, 5.74) is -2.98. The Labute approximate surface area is 180 Å². The summed E-state index contributed by atoms with van der Waals surface area (Å²) in [6.07, 6.45) is 1.70. The Morgan fingerprint density at radius 1 is 1.10 bits per heavy atom. The van der Waals surface area contributed by atoms with Crippen molar-refractivity contribution in [2.24, 2.45) is 34.5 Å². The van der Waals surface area contributed by atoms with E-state index in [4.69, 9.17) is 14.2 Å². The van der Waals surface area contributed by atoms with Gasteiger partial charge in [0.1, 0.15) is 11.7 Å². The topological polar surface area (TPSA) is 78.9 Å². The van der Waals surface area contributed by atoms with Gasteiger partial charge in [0.05, 0.1) is 11.3 Å². The summed E-state index contributed by atoms with van der Waals surface area (Å²) >= 11 is 0. The molecule has 2 bridgehead atoms. The van der Waals surface area contributed by atoms with Gasteiger partial charge in [0.2, 0.25) is 5.60 Å². The third-order valence-corrected chi connectivity index (χ3v) is 7.66. The zero-order chi connectivity index (χ0) is 22.9. The summed E-state index contributed by atoms with van der Waals surface area (Å²) in [4.78, 5) is 38.4. The minimum Gasteiger partial charge on any atom is -0.455 e. The second-order valence-corrected chi connectivity index (χ2v) is 12.1. The highest BCUT2D eigenvalue weighted by Gasteiger charge is 2.70. The number of esters is 3. The Morgan fingerprint density at radius 2 is 1.70 bits per heavy atom. The molecule has 0 aromatic carbocycles. The Bertz CT molecular complexity index is 747. The van der Waals surface area contributed by atoms with Gasteiger partial charge in [0, 0.05) is 11.8 Å². The summed E-state index contributed by atoms with van der Waals surface area (Å²) in [5.74, 6) is -0.940. The molecular formula is C24H38O6. The first-order valence-electron chi connectivity index (χ1n) is 11.2. The summed E-state index contributed by atoms with van der Waals surface area (Å²) < 4.78 is 17.3. The van der Waals surface area contributed by atoms with Gasteiger partial charge >= 0.3 is 17.9 Å². The minimum atomic E-state index is -1.43. The lowest BCUT2D eigenvalue weighted by atomic mass is 9.68. The van der Waals surface area contributed by atoms with Gasteiger partial charge in [-0.15, -0.1) is 0 Å². The van der Waals surface area contributed by atoms with Gasteiger partial charge in [-0.25, -0.2) is 4.79 Å². The molecule has 6 atom stereocenters. The molecule has 6 unspecified atom stereocenters. The van der Waals surface area contributed by atoms with Crippen LogP contribution in [0.3, 0.4) is 0 Å². The Kier molecular flexibility index (Phi) is 5.35. The van der Waals surface area contributed by atoms with E-state index in [0.29, 0.717) is 12.8 Å². The Hall–Kier alpha value is -1.59. The highest BCUT2D eigenvalue weighted by Crippen LogP contribution is 2.61. The van der Waals surface area contributed by atoms with Crippen molar-refractivity contribution in [3.8, 4) is 0 Å². The molecule has 170 valence electrons. The first-order chi connectivity index (χ1) is 13.5. The summed E-state index contributed by atoms with van der Waals surface area (Å²) in [7, 11) is 0. The number of fused-ring (bicyclic) bond motifs is 1. The molecule has 1 saturated heterocycles. The van der Waals surface area contributed by atoms with Crippen molar-refractivity contribution in [3.05, 3.63) is 0 Å². The van der Waals surface area contributed by atoms with Gasteiger partial charge in [-0.05, 0) is 58.3 Å². The van der Waals surface area contributed by atoms with E-state index >= 15 is 0 Å². The minimum absolute atomic E-state index is 0.0513. The monoisotopic (exact) mass is 422 g/mol. The molecule has 0 amide bonds. The van der Waals surface area contributed by atoms with Crippen LogP contribution in [0.5, 0.6) is 0 Å². The van der Waals surface area contributed by atoms with Crippen LogP contribution < -0.4 is 0 Å². The maximum atomic E-state index is 13.2. The van der Waals surface area contributed by atoms with Crippen LogP contribution >= 0.6 is 0 Å². The molecule has 0 radical (unpaired) electrons. The number of carbonyl (C=O) groups is 3. The van der Waals surface area contributed by atoms with Gasteiger partial charge < -0.3 is 14.2 Å². The molecule has 3 aliphatic rings. The second kappa shape index (κ2) is 6.96. The van der Waals surface area contributed by atoms with Crippen molar-refractivity contribution in [1.29, 1.82) is 0 Å². The number of rotatable bonds is 6. The number of ether oxygens (including phenoxy) is 3. The van der Waals surface area contributed by atoms with E-state index < -0.39 is 28.7 Å².